The molecule has 1 saturated heterocycles. The van der Waals surface area contributed by atoms with Crippen molar-refractivity contribution in [3.05, 3.63) is 65.7 Å². The van der Waals surface area contributed by atoms with Crippen LogP contribution in [0.15, 0.2) is 60.7 Å². The summed E-state index contributed by atoms with van der Waals surface area (Å²) < 4.78 is 5.69. The second kappa shape index (κ2) is 7.89. The Morgan fingerprint density at radius 2 is 1.78 bits per heavy atom. The van der Waals surface area contributed by atoms with E-state index in [-0.39, 0.29) is 12.5 Å². The Balaban J connectivity index is 1.43. The number of ether oxygens (including phenoxy) is 1. The summed E-state index contributed by atoms with van der Waals surface area (Å²) in [6, 6.07) is 19.5. The lowest BCUT2D eigenvalue weighted by atomic mass is 10.1. The summed E-state index contributed by atoms with van der Waals surface area (Å²) in [6.45, 7) is 1.94. The first-order chi connectivity index (χ1) is 13.2. The molecule has 0 aromatic heterocycles. The van der Waals surface area contributed by atoms with Gasteiger partial charge >= 0.3 is 0 Å². The molecule has 1 aliphatic heterocycles. The largest absolute Gasteiger partial charge is 0.484 e. The molecule has 0 bridgehead atoms. The second-order valence-electron chi connectivity index (χ2n) is 6.70. The zero-order valence-corrected chi connectivity index (χ0v) is 15.7. The summed E-state index contributed by atoms with van der Waals surface area (Å²) in [7, 11) is 0. The van der Waals surface area contributed by atoms with Crippen molar-refractivity contribution in [1.29, 1.82) is 0 Å². The van der Waals surface area contributed by atoms with E-state index in [0.717, 1.165) is 35.2 Å². The number of halogens is 1. The SMILES string of the molecule is O=C(COc1ccc2ccccc2c1)Nc1cc(Cl)ccc1N1CCCC1. The van der Waals surface area contributed by atoms with Crippen molar-refractivity contribution in [3.8, 4) is 5.75 Å². The molecule has 27 heavy (non-hydrogen) atoms. The third-order valence-electron chi connectivity index (χ3n) is 4.77. The first-order valence-electron chi connectivity index (χ1n) is 9.15. The minimum Gasteiger partial charge on any atom is -0.484 e. The summed E-state index contributed by atoms with van der Waals surface area (Å²) in [6.07, 6.45) is 2.34. The standard InChI is InChI=1S/C22H21ClN2O2/c23-18-8-10-21(25-11-3-4-12-25)20(14-18)24-22(26)15-27-19-9-7-16-5-1-2-6-17(16)13-19/h1-2,5-10,13-14H,3-4,11-12,15H2,(H,24,26). The lowest BCUT2D eigenvalue weighted by Crippen LogP contribution is -2.24. The van der Waals surface area contributed by atoms with Crippen LogP contribution in [0.4, 0.5) is 11.4 Å². The monoisotopic (exact) mass is 380 g/mol. The summed E-state index contributed by atoms with van der Waals surface area (Å²) >= 11 is 6.13. The molecule has 0 aliphatic carbocycles. The molecule has 1 amide bonds. The number of nitrogens with one attached hydrogen (secondary N) is 1. The van der Waals surface area contributed by atoms with E-state index in [0.29, 0.717) is 10.8 Å². The minimum atomic E-state index is -0.203. The molecule has 1 aliphatic rings. The number of anilines is 2. The maximum atomic E-state index is 12.4. The number of amides is 1. The number of hydrogen-bond donors (Lipinski definition) is 1. The highest BCUT2D eigenvalue weighted by atomic mass is 35.5. The third kappa shape index (κ3) is 4.17. The predicted octanol–water partition coefficient (Wildman–Crippen LogP) is 5.11. The van der Waals surface area contributed by atoms with Gasteiger partial charge in [0.1, 0.15) is 5.75 Å². The number of carbonyl (C=O) groups excluding carboxylic acids is 1. The van der Waals surface area contributed by atoms with Gasteiger partial charge in [-0.2, -0.15) is 0 Å². The maximum absolute atomic E-state index is 12.4. The van der Waals surface area contributed by atoms with E-state index < -0.39 is 0 Å². The third-order valence-corrected chi connectivity index (χ3v) is 5.01. The van der Waals surface area contributed by atoms with Gasteiger partial charge in [0.05, 0.1) is 11.4 Å². The van der Waals surface area contributed by atoms with Crippen molar-refractivity contribution >= 4 is 39.7 Å². The van der Waals surface area contributed by atoms with Crippen molar-refractivity contribution in [2.24, 2.45) is 0 Å². The summed E-state index contributed by atoms with van der Waals surface area (Å²) in [5, 5.41) is 5.77. The smallest absolute Gasteiger partial charge is 0.262 e. The molecule has 3 aromatic rings. The Hall–Kier alpha value is -2.72. The van der Waals surface area contributed by atoms with Gasteiger partial charge in [0.25, 0.3) is 5.91 Å². The van der Waals surface area contributed by atoms with Crippen molar-refractivity contribution in [3.63, 3.8) is 0 Å². The zero-order valence-electron chi connectivity index (χ0n) is 15.0. The fourth-order valence-electron chi connectivity index (χ4n) is 3.43. The van der Waals surface area contributed by atoms with Crippen LogP contribution in [0.5, 0.6) is 5.75 Å². The number of hydrogen-bond acceptors (Lipinski definition) is 3. The molecule has 3 aromatic carbocycles. The van der Waals surface area contributed by atoms with Gasteiger partial charge in [-0.25, -0.2) is 0 Å². The Kier molecular flexibility index (Phi) is 5.16. The average molecular weight is 381 g/mol. The van der Waals surface area contributed by atoms with Crippen LogP contribution in [0.1, 0.15) is 12.8 Å². The normalized spacial score (nSPS) is 13.7. The highest BCUT2D eigenvalue weighted by molar-refractivity contribution is 6.31. The molecule has 0 atom stereocenters. The lowest BCUT2D eigenvalue weighted by molar-refractivity contribution is -0.118. The maximum Gasteiger partial charge on any atom is 0.262 e. The van der Waals surface area contributed by atoms with Gasteiger partial charge in [0, 0.05) is 18.1 Å². The van der Waals surface area contributed by atoms with Gasteiger partial charge in [0.15, 0.2) is 6.61 Å². The molecule has 0 unspecified atom stereocenters. The quantitative estimate of drug-likeness (QED) is 0.668. The molecule has 5 heteroatoms. The summed E-state index contributed by atoms with van der Waals surface area (Å²) in [5.41, 5.74) is 1.74. The van der Waals surface area contributed by atoms with Gasteiger partial charge in [0.2, 0.25) is 0 Å². The van der Waals surface area contributed by atoms with Crippen LogP contribution >= 0.6 is 11.6 Å². The van der Waals surface area contributed by atoms with Gasteiger partial charge in [-0.1, -0.05) is 41.9 Å². The number of nitrogens with zero attached hydrogens (tertiary/aromatic N) is 1. The van der Waals surface area contributed by atoms with Crippen molar-refractivity contribution in [1.82, 2.24) is 0 Å². The van der Waals surface area contributed by atoms with Crippen molar-refractivity contribution in [2.45, 2.75) is 12.8 Å². The average Bonchev–Trinajstić information content (AvgIpc) is 3.21. The van der Waals surface area contributed by atoms with Gasteiger partial charge in [-0.3, -0.25) is 4.79 Å². The number of rotatable bonds is 5. The molecule has 0 radical (unpaired) electrons. The van der Waals surface area contributed by atoms with E-state index in [1.807, 2.05) is 54.6 Å². The zero-order chi connectivity index (χ0) is 18.6. The molecular weight excluding hydrogens is 360 g/mol. The van der Waals surface area contributed by atoms with Crippen LogP contribution in [0.25, 0.3) is 10.8 Å². The molecule has 138 valence electrons. The van der Waals surface area contributed by atoms with Gasteiger partial charge in [-0.05, 0) is 53.9 Å². The first kappa shape index (κ1) is 17.7. The van der Waals surface area contributed by atoms with Crippen molar-refractivity contribution < 1.29 is 9.53 Å². The Morgan fingerprint density at radius 3 is 2.59 bits per heavy atom. The van der Waals surface area contributed by atoms with E-state index in [4.69, 9.17) is 16.3 Å². The van der Waals surface area contributed by atoms with Crippen LogP contribution in [-0.2, 0) is 4.79 Å². The van der Waals surface area contributed by atoms with E-state index in [1.54, 1.807) is 6.07 Å². The minimum absolute atomic E-state index is 0.0513. The van der Waals surface area contributed by atoms with Crippen LogP contribution < -0.4 is 15.0 Å². The fourth-order valence-corrected chi connectivity index (χ4v) is 3.61. The topological polar surface area (TPSA) is 41.6 Å². The highest BCUT2D eigenvalue weighted by Gasteiger charge is 2.17. The van der Waals surface area contributed by atoms with Crippen LogP contribution in [0.2, 0.25) is 5.02 Å². The van der Waals surface area contributed by atoms with E-state index in [2.05, 4.69) is 10.2 Å². The summed E-state index contributed by atoms with van der Waals surface area (Å²) in [4.78, 5) is 14.7. The predicted molar refractivity (Wildman–Crippen MR) is 111 cm³/mol. The van der Waals surface area contributed by atoms with E-state index in [1.165, 1.54) is 12.8 Å². The highest BCUT2D eigenvalue weighted by Crippen LogP contribution is 2.31. The number of benzene rings is 3. The fraction of sp³-hybridized carbons (Fsp3) is 0.227. The van der Waals surface area contributed by atoms with Crippen LogP contribution in [-0.4, -0.2) is 25.6 Å². The molecular formula is C22H21ClN2O2. The molecule has 1 N–H and O–H groups in total. The molecule has 4 nitrogen and oxygen atoms in total. The molecule has 1 fully saturated rings. The van der Waals surface area contributed by atoms with Crippen LogP contribution in [0, 0.1) is 0 Å². The Bertz CT molecular complexity index is 967. The Labute approximate surface area is 163 Å². The molecule has 0 spiro atoms. The van der Waals surface area contributed by atoms with Gasteiger partial charge in [-0.15, -0.1) is 0 Å². The van der Waals surface area contributed by atoms with E-state index >= 15 is 0 Å². The summed E-state index contributed by atoms with van der Waals surface area (Å²) in [5.74, 6) is 0.473. The molecule has 1 heterocycles. The molecule has 4 rings (SSSR count). The lowest BCUT2D eigenvalue weighted by Gasteiger charge is -2.22. The number of fused-ring (bicyclic) bond motifs is 1. The van der Waals surface area contributed by atoms with Crippen LogP contribution in [0.3, 0.4) is 0 Å². The van der Waals surface area contributed by atoms with E-state index in [9.17, 15) is 4.79 Å². The molecule has 0 saturated carbocycles. The van der Waals surface area contributed by atoms with Crippen molar-refractivity contribution in [2.75, 3.05) is 29.9 Å². The number of carbonyl (C=O) groups is 1. The second-order valence-corrected chi connectivity index (χ2v) is 7.14. The Morgan fingerprint density at radius 1 is 1.00 bits per heavy atom. The first-order valence-corrected chi connectivity index (χ1v) is 9.53. The van der Waals surface area contributed by atoms with Gasteiger partial charge < -0.3 is 15.0 Å².